The molecule has 14 heavy (non-hydrogen) atoms. The summed E-state index contributed by atoms with van der Waals surface area (Å²) in [6, 6.07) is 8.14. The second-order valence-corrected chi connectivity index (χ2v) is 4.65. The van der Waals surface area contributed by atoms with Crippen LogP contribution >= 0.6 is 31.9 Å². The fourth-order valence-corrected chi connectivity index (χ4v) is 2.38. The van der Waals surface area contributed by atoms with E-state index >= 15 is 0 Å². The molecule has 70 valence electrons. The van der Waals surface area contributed by atoms with Gasteiger partial charge in [0, 0.05) is 20.9 Å². The summed E-state index contributed by atoms with van der Waals surface area (Å²) >= 11 is 6.82. The summed E-state index contributed by atoms with van der Waals surface area (Å²) in [5.74, 6) is 0. The third-order valence-electron chi connectivity index (χ3n) is 2.07. The number of nitrogens with zero attached hydrogens (tertiary/aromatic N) is 1. The zero-order valence-corrected chi connectivity index (χ0v) is 10.3. The SMILES string of the molecule is N#CCc1c(Br)[nH]c2cc(Br)ccc12. The van der Waals surface area contributed by atoms with Gasteiger partial charge in [0.25, 0.3) is 0 Å². The molecule has 1 aromatic carbocycles. The zero-order chi connectivity index (χ0) is 10.1. The Morgan fingerprint density at radius 3 is 2.86 bits per heavy atom. The molecule has 0 spiro atoms. The number of rotatable bonds is 1. The van der Waals surface area contributed by atoms with Gasteiger partial charge in [-0.05, 0) is 28.1 Å². The van der Waals surface area contributed by atoms with Crippen LogP contribution in [0.25, 0.3) is 10.9 Å². The van der Waals surface area contributed by atoms with Gasteiger partial charge in [-0.3, -0.25) is 0 Å². The molecule has 0 bridgehead atoms. The highest BCUT2D eigenvalue weighted by atomic mass is 79.9. The average molecular weight is 314 g/mol. The van der Waals surface area contributed by atoms with Crippen LogP contribution in [-0.2, 0) is 6.42 Å². The molecule has 0 amide bonds. The number of hydrogen-bond donors (Lipinski definition) is 1. The van der Waals surface area contributed by atoms with Gasteiger partial charge in [-0.25, -0.2) is 0 Å². The fraction of sp³-hybridized carbons (Fsp3) is 0.100. The van der Waals surface area contributed by atoms with Crippen LogP contribution in [0, 0.1) is 11.3 Å². The van der Waals surface area contributed by atoms with Crippen molar-refractivity contribution in [2.24, 2.45) is 0 Å². The van der Waals surface area contributed by atoms with Crippen molar-refractivity contribution in [3.05, 3.63) is 32.8 Å². The minimum atomic E-state index is 0.419. The topological polar surface area (TPSA) is 39.6 Å². The van der Waals surface area contributed by atoms with Crippen molar-refractivity contribution in [1.82, 2.24) is 4.98 Å². The van der Waals surface area contributed by atoms with E-state index in [0.717, 1.165) is 25.5 Å². The highest BCUT2D eigenvalue weighted by Crippen LogP contribution is 2.28. The number of nitriles is 1. The molecular weight excluding hydrogens is 308 g/mol. The molecule has 2 rings (SSSR count). The lowest BCUT2D eigenvalue weighted by atomic mass is 10.1. The molecule has 2 aromatic rings. The molecule has 0 aliphatic heterocycles. The van der Waals surface area contributed by atoms with Gasteiger partial charge in [-0.2, -0.15) is 5.26 Å². The number of aromatic amines is 1. The third kappa shape index (κ3) is 1.58. The predicted octanol–water partition coefficient (Wildman–Crippen LogP) is 3.76. The van der Waals surface area contributed by atoms with Gasteiger partial charge in [-0.1, -0.05) is 22.0 Å². The Labute approximate surface area is 98.2 Å². The molecule has 0 aliphatic carbocycles. The normalized spacial score (nSPS) is 10.4. The van der Waals surface area contributed by atoms with E-state index in [2.05, 4.69) is 42.9 Å². The molecule has 0 aliphatic rings. The summed E-state index contributed by atoms with van der Waals surface area (Å²) in [6.45, 7) is 0. The molecule has 0 saturated carbocycles. The van der Waals surface area contributed by atoms with E-state index in [0.29, 0.717) is 6.42 Å². The van der Waals surface area contributed by atoms with Crippen LogP contribution in [0.5, 0.6) is 0 Å². The number of nitrogens with one attached hydrogen (secondary N) is 1. The number of aromatic nitrogens is 1. The first-order valence-corrected chi connectivity index (χ1v) is 5.63. The van der Waals surface area contributed by atoms with Crippen molar-refractivity contribution < 1.29 is 0 Å². The molecule has 0 unspecified atom stereocenters. The first-order valence-electron chi connectivity index (χ1n) is 4.05. The van der Waals surface area contributed by atoms with E-state index in [1.165, 1.54) is 0 Å². The highest BCUT2D eigenvalue weighted by molar-refractivity contribution is 9.10. The fourth-order valence-electron chi connectivity index (χ4n) is 1.45. The van der Waals surface area contributed by atoms with E-state index < -0.39 is 0 Å². The van der Waals surface area contributed by atoms with Crippen molar-refractivity contribution in [2.45, 2.75) is 6.42 Å². The summed E-state index contributed by atoms with van der Waals surface area (Å²) in [6.07, 6.45) is 0.419. The van der Waals surface area contributed by atoms with Crippen LogP contribution in [0.3, 0.4) is 0 Å². The maximum atomic E-state index is 8.68. The minimum absolute atomic E-state index is 0.419. The number of hydrogen-bond acceptors (Lipinski definition) is 1. The van der Waals surface area contributed by atoms with E-state index in [1.807, 2.05) is 18.2 Å². The molecule has 0 fully saturated rings. The Balaban J connectivity index is 2.72. The summed E-state index contributed by atoms with van der Waals surface area (Å²) in [4.78, 5) is 3.19. The Bertz CT molecular complexity index is 523. The summed E-state index contributed by atoms with van der Waals surface area (Å²) in [5, 5.41) is 9.78. The quantitative estimate of drug-likeness (QED) is 0.855. The molecular formula is C10H6Br2N2. The number of benzene rings is 1. The Morgan fingerprint density at radius 2 is 2.14 bits per heavy atom. The maximum Gasteiger partial charge on any atom is 0.0874 e. The van der Waals surface area contributed by atoms with Gasteiger partial charge in [0.2, 0.25) is 0 Å². The standard InChI is InChI=1S/C10H6Br2N2/c11-6-1-2-7-8(3-4-13)10(12)14-9(7)5-6/h1-2,5,14H,3H2. The molecule has 1 N–H and O–H groups in total. The minimum Gasteiger partial charge on any atom is -0.349 e. The van der Waals surface area contributed by atoms with E-state index in [9.17, 15) is 0 Å². The average Bonchev–Trinajstić information content (AvgIpc) is 2.43. The number of fused-ring (bicyclic) bond motifs is 1. The van der Waals surface area contributed by atoms with Gasteiger partial charge < -0.3 is 4.98 Å². The molecule has 1 aromatic heterocycles. The highest BCUT2D eigenvalue weighted by Gasteiger charge is 2.08. The first kappa shape index (κ1) is 9.75. The lowest BCUT2D eigenvalue weighted by Crippen LogP contribution is -1.78. The van der Waals surface area contributed by atoms with Gasteiger partial charge in [0.15, 0.2) is 0 Å². The number of halogens is 2. The molecule has 1 heterocycles. The smallest absolute Gasteiger partial charge is 0.0874 e. The van der Waals surface area contributed by atoms with Crippen molar-refractivity contribution in [1.29, 1.82) is 5.26 Å². The van der Waals surface area contributed by atoms with Crippen molar-refractivity contribution in [3.8, 4) is 6.07 Å². The summed E-state index contributed by atoms with van der Waals surface area (Å²) in [5.41, 5.74) is 2.06. The van der Waals surface area contributed by atoms with Crippen LogP contribution in [0.4, 0.5) is 0 Å². The van der Waals surface area contributed by atoms with Gasteiger partial charge in [0.1, 0.15) is 0 Å². The monoisotopic (exact) mass is 312 g/mol. The Kier molecular flexibility index (Phi) is 2.62. The van der Waals surface area contributed by atoms with Gasteiger partial charge in [0.05, 0.1) is 17.1 Å². The molecule has 4 heteroatoms. The lowest BCUT2D eigenvalue weighted by Gasteiger charge is -1.93. The van der Waals surface area contributed by atoms with Crippen molar-refractivity contribution in [2.75, 3.05) is 0 Å². The lowest BCUT2D eigenvalue weighted by molar-refractivity contribution is 1.25. The van der Waals surface area contributed by atoms with Crippen LogP contribution in [-0.4, -0.2) is 4.98 Å². The largest absolute Gasteiger partial charge is 0.349 e. The van der Waals surface area contributed by atoms with Crippen molar-refractivity contribution >= 4 is 42.8 Å². The zero-order valence-electron chi connectivity index (χ0n) is 7.14. The van der Waals surface area contributed by atoms with E-state index in [1.54, 1.807) is 0 Å². The van der Waals surface area contributed by atoms with Crippen LogP contribution in [0.2, 0.25) is 0 Å². The maximum absolute atomic E-state index is 8.68. The van der Waals surface area contributed by atoms with Crippen LogP contribution in [0.1, 0.15) is 5.56 Å². The first-order chi connectivity index (χ1) is 6.72. The van der Waals surface area contributed by atoms with Crippen LogP contribution < -0.4 is 0 Å². The summed E-state index contributed by atoms with van der Waals surface area (Å²) < 4.78 is 1.93. The molecule has 0 radical (unpaired) electrons. The van der Waals surface area contributed by atoms with Gasteiger partial charge in [-0.15, -0.1) is 0 Å². The molecule has 2 nitrogen and oxygen atoms in total. The number of H-pyrrole nitrogens is 1. The second kappa shape index (κ2) is 3.76. The van der Waals surface area contributed by atoms with Crippen molar-refractivity contribution in [3.63, 3.8) is 0 Å². The summed E-state index contributed by atoms with van der Waals surface area (Å²) in [7, 11) is 0. The Hall–Kier alpha value is -0.790. The van der Waals surface area contributed by atoms with Crippen LogP contribution in [0.15, 0.2) is 27.3 Å². The Morgan fingerprint density at radius 1 is 1.36 bits per heavy atom. The third-order valence-corrected chi connectivity index (χ3v) is 3.24. The molecule has 0 atom stereocenters. The van der Waals surface area contributed by atoms with Gasteiger partial charge >= 0.3 is 0 Å². The predicted molar refractivity (Wildman–Crippen MR) is 63.0 cm³/mol. The van der Waals surface area contributed by atoms with E-state index in [-0.39, 0.29) is 0 Å². The second-order valence-electron chi connectivity index (χ2n) is 2.94. The van der Waals surface area contributed by atoms with E-state index in [4.69, 9.17) is 5.26 Å². The molecule has 0 saturated heterocycles.